The molecular formula is C15H23NO3S. The number of carbonyl (C=O) groups is 1. The number of nitrogens with zero attached hydrogens (tertiary/aromatic N) is 1. The van der Waals surface area contributed by atoms with Crippen LogP contribution in [0.4, 0.5) is 0 Å². The third-order valence-corrected chi connectivity index (χ3v) is 4.52. The van der Waals surface area contributed by atoms with E-state index in [1.807, 2.05) is 28.7 Å². The van der Waals surface area contributed by atoms with E-state index >= 15 is 0 Å². The number of hydrogen-bond donors (Lipinski definition) is 1. The zero-order valence-electron chi connectivity index (χ0n) is 12.0. The molecule has 2 rings (SSSR count). The predicted octanol–water partition coefficient (Wildman–Crippen LogP) is 2.24. The lowest BCUT2D eigenvalue weighted by molar-refractivity contribution is -0.135. The maximum absolute atomic E-state index is 12.4. The molecule has 1 saturated heterocycles. The Labute approximate surface area is 124 Å². The summed E-state index contributed by atoms with van der Waals surface area (Å²) in [5.74, 6) is 0.172. The number of aliphatic hydroxyl groups is 1. The fourth-order valence-corrected chi connectivity index (χ4v) is 3.25. The molecule has 20 heavy (non-hydrogen) atoms. The minimum Gasteiger partial charge on any atom is -0.396 e. The van der Waals surface area contributed by atoms with Crippen molar-refractivity contribution in [2.24, 2.45) is 0 Å². The van der Waals surface area contributed by atoms with Gasteiger partial charge < -0.3 is 14.7 Å². The van der Waals surface area contributed by atoms with Crippen molar-refractivity contribution in [1.82, 2.24) is 4.90 Å². The van der Waals surface area contributed by atoms with E-state index in [0.717, 1.165) is 31.5 Å². The fourth-order valence-electron chi connectivity index (χ4n) is 2.50. The number of piperidine rings is 1. The number of thiophene rings is 1. The van der Waals surface area contributed by atoms with Gasteiger partial charge in [0.25, 0.3) is 0 Å². The van der Waals surface area contributed by atoms with Crippen molar-refractivity contribution in [3.8, 4) is 0 Å². The van der Waals surface area contributed by atoms with E-state index in [0.29, 0.717) is 13.0 Å². The molecule has 0 saturated carbocycles. The second kappa shape index (κ2) is 7.76. The molecule has 1 aromatic heterocycles. The first-order chi connectivity index (χ1) is 9.72. The SMILES string of the molecule is CC(C(=O)N1CCC(OCCCO)CC1)c1ccsc1. The maximum atomic E-state index is 12.4. The van der Waals surface area contributed by atoms with E-state index in [9.17, 15) is 4.79 Å². The van der Waals surface area contributed by atoms with Crippen LogP contribution in [0.2, 0.25) is 0 Å². The van der Waals surface area contributed by atoms with Crippen LogP contribution in [-0.4, -0.2) is 48.3 Å². The topological polar surface area (TPSA) is 49.8 Å². The van der Waals surface area contributed by atoms with Crippen molar-refractivity contribution in [2.75, 3.05) is 26.3 Å². The average Bonchev–Trinajstić information content (AvgIpc) is 3.01. The lowest BCUT2D eigenvalue weighted by Gasteiger charge is -2.33. The highest BCUT2D eigenvalue weighted by Crippen LogP contribution is 2.23. The van der Waals surface area contributed by atoms with E-state index in [4.69, 9.17) is 9.84 Å². The van der Waals surface area contributed by atoms with Crippen LogP contribution in [0.3, 0.4) is 0 Å². The molecule has 0 aliphatic carbocycles. The van der Waals surface area contributed by atoms with Crippen molar-refractivity contribution in [3.63, 3.8) is 0 Å². The van der Waals surface area contributed by atoms with Crippen LogP contribution in [0, 0.1) is 0 Å². The summed E-state index contributed by atoms with van der Waals surface area (Å²) < 4.78 is 5.69. The van der Waals surface area contributed by atoms with E-state index in [1.165, 1.54) is 0 Å². The minimum absolute atomic E-state index is 0.0480. The number of amides is 1. The van der Waals surface area contributed by atoms with Crippen LogP contribution in [0.5, 0.6) is 0 Å². The summed E-state index contributed by atoms with van der Waals surface area (Å²) >= 11 is 1.63. The smallest absolute Gasteiger partial charge is 0.229 e. The van der Waals surface area contributed by atoms with Crippen molar-refractivity contribution in [2.45, 2.75) is 38.2 Å². The zero-order chi connectivity index (χ0) is 14.4. The molecule has 1 fully saturated rings. The molecule has 1 atom stereocenters. The Morgan fingerprint density at radius 1 is 1.55 bits per heavy atom. The van der Waals surface area contributed by atoms with Crippen LogP contribution in [0.25, 0.3) is 0 Å². The Bertz CT molecular complexity index is 399. The quantitative estimate of drug-likeness (QED) is 0.819. The molecule has 0 aromatic carbocycles. The van der Waals surface area contributed by atoms with Gasteiger partial charge in [0, 0.05) is 26.3 Å². The predicted molar refractivity (Wildman–Crippen MR) is 80.0 cm³/mol. The van der Waals surface area contributed by atoms with Gasteiger partial charge in [-0.05, 0) is 48.6 Å². The summed E-state index contributed by atoms with van der Waals surface area (Å²) in [6, 6.07) is 2.03. The first kappa shape index (κ1) is 15.5. The Kier molecular flexibility index (Phi) is 6.01. The van der Waals surface area contributed by atoms with Crippen LogP contribution in [0.1, 0.15) is 37.7 Å². The lowest BCUT2D eigenvalue weighted by atomic mass is 10.0. The third kappa shape index (κ3) is 4.04. The van der Waals surface area contributed by atoms with Gasteiger partial charge in [0.15, 0.2) is 0 Å². The zero-order valence-corrected chi connectivity index (χ0v) is 12.8. The van der Waals surface area contributed by atoms with Gasteiger partial charge in [-0.15, -0.1) is 0 Å². The van der Waals surface area contributed by atoms with Gasteiger partial charge in [-0.3, -0.25) is 4.79 Å². The highest BCUT2D eigenvalue weighted by Gasteiger charge is 2.27. The number of rotatable bonds is 6. The largest absolute Gasteiger partial charge is 0.396 e. The monoisotopic (exact) mass is 297 g/mol. The number of aliphatic hydroxyl groups excluding tert-OH is 1. The standard InChI is InChI=1S/C15H23NO3S/c1-12(13-5-10-20-11-13)15(18)16-6-3-14(4-7-16)19-9-2-8-17/h5,10-12,14,17H,2-4,6-9H2,1H3. The van der Waals surface area contributed by atoms with E-state index in [-0.39, 0.29) is 24.5 Å². The maximum Gasteiger partial charge on any atom is 0.229 e. The van der Waals surface area contributed by atoms with Crippen molar-refractivity contribution in [3.05, 3.63) is 22.4 Å². The molecule has 4 nitrogen and oxygen atoms in total. The van der Waals surface area contributed by atoms with Crippen molar-refractivity contribution < 1.29 is 14.6 Å². The van der Waals surface area contributed by atoms with Crippen LogP contribution < -0.4 is 0 Å². The number of carbonyl (C=O) groups excluding carboxylic acids is 1. The summed E-state index contributed by atoms with van der Waals surface area (Å²) in [4.78, 5) is 14.4. The van der Waals surface area contributed by atoms with E-state index in [2.05, 4.69) is 0 Å². The van der Waals surface area contributed by atoms with Crippen LogP contribution in [0.15, 0.2) is 16.8 Å². The number of ether oxygens (including phenoxy) is 1. The molecule has 1 aliphatic rings. The van der Waals surface area contributed by atoms with Gasteiger partial charge in [-0.1, -0.05) is 0 Å². The van der Waals surface area contributed by atoms with Gasteiger partial charge in [0.1, 0.15) is 0 Å². The number of hydrogen-bond acceptors (Lipinski definition) is 4. The number of likely N-dealkylation sites (tertiary alicyclic amines) is 1. The molecule has 1 unspecified atom stereocenters. The van der Waals surface area contributed by atoms with Gasteiger partial charge >= 0.3 is 0 Å². The highest BCUT2D eigenvalue weighted by molar-refractivity contribution is 7.08. The molecule has 112 valence electrons. The van der Waals surface area contributed by atoms with Gasteiger partial charge in [0.2, 0.25) is 5.91 Å². The fraction of sp³-hybridized carbons (Fsp3) is 0.667. The molecule has 1 aromatic rings. The molecular weight excluding hydrogens is 274 g/mol. The molecule has 0 radical (unpaired) electrons. The molecule has 0 bridgehead atoms. The van der Waals surface area contributed by atoms with Crippen LogP contribution in [-0.2, 0) is 9.53 Å². The first-order valence-corrected chi connectivity index (χ1v) is 8.20. The summed E-state index contributed by atoms with van der Waals surface area (Å²) in [7, 11) is 0. The highest BCUT2D eigenvalue weighted by atomic mass is 32.1. The molecule has 0 spiro atoms. The molecule has 2 heterocycles. The Morgan fingerprint density at radius 2 is 2.30 bits per heavy atom. The normalized spacial score (nSPS) is 18.2. The third-order valence-electron chi connectivity index (χ3n) is 3.82. The molecule has 5 heteroatoms. The molecule has 1 N–H and O–H groups in total. The molecule has 1 aliphatic heterocycles. The summed E-state index contributed by atoms with van der Waals surface area (Å²) in [6.45, 7) is 4.32. The van der Waals surface area contributed by atoms with Gasteiger partial charge in [-0.2, -0.15) is 11.3 Å². The second-order valence-electron chi connectivity index (χ2n) is 5.25. The Hall–Kier alpha value is -0.910. The lowest BCUT2D eigenvalue weighted by Crippen LogP contribution is -2.42. The van der Waals surface area contributed by atoms with E-state index in [1.54, 1.807) is 11.3 Å². The minimum atomic E-state index is -0.0480. The summed E-state index contributed by atoms with van der Waals surface area (Å²) in [5, 5.41) is 12.8. The average molecular weight is 297 g/mol. The first-order valence-electron chi connectivity index (χ1n) is 7.25. The summed E-state index contributed by atoms with van der Waals surface area (Å²) in [5.41, 5.74) is 1.11. The molecule has 1 amide bonds. The van der Waals surface area contributed by atoms with Crippen molar-refractivity contribution >= 4 is 17.2 Å². The van der Waals surface area contributed by atoms with Gasteiger partial charge in [-0.25, -0.2) is 0 Å². The van der Waals surface area contributed by atoms with E-state index < -0.39 is 0 Å². The van der Waals surface area contributed by atoms with Gasteiger partial charge in [0.05, 0.1) is 12.0 Å². The van der Waals surface area contributed by atoms with Crippen LogP contribution >= 0.6 is 11.3 Å². The second-order valence-corrected chi connectivity index (χ2v) is 6.03. The Morgan fingerprint density at radius 3 is 2.90 bits per heavy atom. The Balaban J connectivity index is 1.77. The summed E-state index contributed by atoms with van der Waals surface area (Å²) in [6.07, 6.45) is 2.72. The van der Waals surface area contributed by atoms with Crippen molar-refractivity contribution in [1.29, 1.82) is 0 Å².